The lowest BCUT2D eigenvalue weighted by atomic mass is 10.1. The summed E-state index contributed by atoms with van der Waals surface area (Å²) in [4.78, 5) is 51.5. The van der Waals surface area contributed by atoms with Crippen molar-refractivity contribution >= 4 is 67.3 Å². The van der Waals surface area contributed by atoms with Crippen molar-refractivity contribution in [3.8, 4) is 0 Å². The van der Waals surface area contributed by atoms with Gasteiger partial charge in [0.15, 0.2) is 17.4 Å². The molecule has 4 aromatic rings. The van der Waals surface area contributed by atoms with Crippen molar-refractivity contribution in [3.63, 3.8) is 0 Å². The summed E-state index contributed by atoms with van der Waals surface area (Å²) in [7, 11) is 0. The lowest BCUT2D eigenvalue weighted by Crippen LogP contribution is -2.20. The third-order valence-corrected chi connectivity index (χ3v) is 5.81. The fourth-order valence-electron chi connectivity index (χ4n) is 3.26. The van der Waals surface area contributed by atoms with E-state index >= 15 is 0 Å². The van der Waals surface area contributed by atoms with E-state index < -0.39 is 30.3 Å². The number of esters is 1. The third kappa shape index (κ3) is 6.02. The van der Waals surface area contributed by atoms with Crippen molar-refractivity contribution < 1.29 is 23.9 Å². The van der Waals surface area contributed by atoms with Crippen LogP contribution in [0.1, 0.15) is 27.8 Å². The lowest BCUT2D eigenvalue weighted by molar-refractivity contribution is -0.144. The quantitative estimate of drug-likeness (QED) is 0.266. The van der Waals surface area contributed by atoms with Gasteiger partial charge in [0, 0.05) is 23.9 Å². The number of fused-ring (bicyclic) bond motifs is 1. The van der Waals surface area contributed by atoms with Gasteiger partial charge in [-0.1, -0.05) is 41.7 Å². The molecule has 182 valence electrons. The van der Waals surface area contributed by atoms with E-state index in [4.69, 9.17) is 5.73 Å². The van der Waals surface area contributed by atoms with Crippen LogP contribution in [0.2, 0.25) is 0 Å². The molecule has 11 heteroatoms. The van der Waals surface area contributed by atoms with Crippen molar-refractivity contribution in [2.45, 2.75) is 6.92 Å². The first kappa shape index (κ1) is 24.4. The number of primary amides is 1. The van der Waals surface area contributed by atoms with E-state index in [-0.39, 0.29) is 16.3 Å². The Kier molecular flexibility index (Phi) is 7.21. The number of carbonyl (C=O) groups excluding carboxylic acids is 4. The first-order chi connectivity index (χ1) is 17.3. The second kappa shape index (κ2) is 10.7. The normalized spacial score (nSPS) is 10.5. The van der Waals surface area contributed by atoms with Gasteiger partial charge in [0.25, 0.3) is 17.7 Å². The molecule has 0 saturated carbocycles. The number of anilines is 4. The average Bonchev–Trinajstić information content (AvgIpc) is 3.25. The Morgan fingerprint density at radius 1 is 0.917 bits per heavy atom. The maximum atomic E-state index is 12.8. The molecule has 0 saturated heterocycles. The molecule has 36 heavy (non-hydrogen) atoms. The van der Waals surface area contributed by atoms with E-state index in [1.165, 1.54) is 31.2 Å². The van der Waals surface area contributed by atoms with Crippen LogP contribution in [-0.4, -0.2) is 35.3 Å². The topological polar surface area (TPSA) is 153 Å². The van der Waals surface area contributed by atoms with Crippen LogP contribution in [0.4, 0.5) is 21.5 Å². The first-order valence-electron chi connectivity index (χ1n) is 10.7. The molecular formula is C25H21N5O5S. The van der Waals surface area contributed by atoms with E-state index in [2.05, 4.69) is 25.7 Å². The summed E-state index contributed by atoms with van der Waals surface area (Å²) in [5.41, 5.74) is 6.87. The number of aromatic nitrogens is 1. The molecule has 0 aliphatic rings. The Labute approximate surface area is 209 Å². The largest absolute Gasteiger partial charge is 0.456 e. The molecule has 0 spiro atoms. The number of hydrogen-bond acceptors (Lipinski definition) is 8. The Balaban J connectivity index is 1.45. The summed E-state index contributed by atoms with van der Waals surface area (Å²) in [5.74, 6) is -2.34. The van der Waals surface area contributed by atoms with Gasteiger partial charge in [-0.2, -0.15) is 0 Å². The second-order valence-electron chi connectivity index (χ2n) is 7.61. The molecule has 0 fully saturated rings. The van der Waals surface area contributed by atoms with E-state index in [1.54, 1.807) is 0 Å². The molecule has 5 N–H and O–H groups in total. The zero-order valence-electron chi connectivity index (χ0n) is 19.0. The number of hydrogen-bond donors (Lipinski definition) is 4. The minimum Gasteiger partial charge on any atom is -0.456 e. The molecule has 0 radical (unpaired) electrons. The summed E-state index contributed by atoms with van der Waals surface area (Å²) in [6, 6.07) is 19.7. The van der Waals surface area contributed by atoms with Crippen LogP contribution in [0.15, 0.2) is 66.7 Å². The molecule has 1 heterocycles. The molecular weight excluding hydrogens is 482 g/mol. The van der Waals surface area contributed by atoms with Gasteiger partial charge in [-0.25, -0.2) is 4.98 Å². The van der Waals surface area contributed by atoms with E-state index in [1.807, 2.05) is 42.5 Å². The van der Waals surface area contributed by atoms with Gasteiger partial charge < -0.3 is 26.4 Å². The van der Waals surface area contributed by atoms with Crippen molar-refractivity contribution in [1.82, 2.24) is 4.98 Å². The smallest absolute Gasteiger partial charge is 0.303 e. The fraction of sp³-hybridized carbons (Fsp3) is 0.0800. The molecule has 1 aromatic heterocycles. The van der Waals surface area contributed by atoms with Crippen molar-refractivity contribution in [2.24, 2.45) is 5.73 Å². The molecule has 10 nitrogen and oxygen atoms in total. The number of thiazole rings is 1. The number of nitrogens with one attached hydrogen (secondary N) is 3. The zero-order chi connectivity index (χ0) is 25.7. The molecule has 0 atom stereocenters. The standard InChI is InChI=1S/C25H21N5O5S/c1-14(31)35-13-20(32)27-18-9-7-16(8-10-18)23(34)30-24-21(22(26)33)29-25(36-24)28-19-11-6-15-4-2-3-5-17(15)12-19/h2-12H,13H2,1H3,(H2,26,33)(H,27,32)(H,28,29)(H,30,34). The van der Waals surface area contributed by atoms with Crippen molar-refractivity contribution in [1.29, 1.82) is 0 Å². The predicted molar refractivity (Wildman–Crippen MR) is 138 cm³/mol. The summed E-state index contributed by atoms with van der Waals surface area (Å²) in [5, 5.41) is 11.1. The van der Waals surface area contributed by atoms with Crippen molar-refractivity contribution in [3.05, 3.63) is 78.0 Å². The molecule has 3 aromatic carbocycles. The highest BCUT2D eigenvalue weighted by molar-refractivity contribution is 7.20. The number of carbonyl (C=O) groups is 4. The zero-order valence-corrected chi connectivity index (χ0v) is 19.8. The molecule has 0 aliphatic heterocycles. The van der Waals surface area contributed by atoms with Crippen LogP contribution in [0.3, 0.4) is 0 Å². The SMILES string of the molecule is CC(=O)OCC(=O)Nc1ccc(C(=O)Nc2sc(Nc3ccc4ccccc4c3)nc2C(N)=O)cc1. The highest BCUT2D eigenvalue weighted by Gasteiger charge is 2.19. The minimum absolute atomic E-state index is 0.0639. The number of ether oxygens (including phenoxy) is 1. The molecule has 4 rings (SSSR count). The highest BCUT2D eigenvalue weighted by Crippen LogP contribution is 2.32. The fourth-order valence-corrected chi connectivity index (χ4v) is 4.15. The first-order valence-corrected chi connectivity index (χ1v) is 11.5. The number of amides is 3. The molecule has 3 amide bonds. The maximum absolute atomic E-state index is 12.8. The summed E-state index contributed by atoms with van der Waals surface area (Å²) in [6.45, 7) is 0.796. The average molecular weight is 504 g/mol. The summed E-state index contributed by atoms with van der Waals surface area (Å²) < 4.78 is 4.63. The Hall–Kier alpha value is -4.77. The second-order valence-corrected chi connectivity index (χ2v) is 8.61. The summed E-state index contributed by atoms with van der Waals surface area (Å²) >= 11 is 1.08. The van der Waals surface area contributed by atoms with E-state index in [0.717, 1.165) is 27.8 Å². The maximum Gasteiger partial charge on any atom is 0.303 e. The molecule has 0 unspecified atom stereocenters. The van der Waals surface area contributed by atoms with E-state index in [9.17, 15) is 19.2 Å². The van der Waals surface area contributed by atoms with Crippen LogP contribution < -0.4 is 21.7 Å². The van der Waals surface area contributed by atoms with E-state index in [0.29, 0.717) is 10.8 Å². The van der Waals surface area contributed by atoms with Crippen LogP contribution in [-0.2, 0) is 14.3 Å². The Morgan fingerprint density at radius 3 is 2.31 bits per heavy atom. The van der Waals surface area contributed by atoms with Gasteiger partial charge >= 0.3 is 5.97 Å². The monoisotopic (exact) mass is 503 g/mol. The van der Waals surface area contributed by atoms with Crippen molar-refractivity contribution in [2.75, 3.05) is 22.6 Å². The Bertz CT molecular complexity index is 1470. The van der Waals surface area contributed by atoms with Crippen LogP contribution in [0.5, 0.6) is 0 Å². The summed E-state index contributed by atoms with van der Waals surface area (Å²) in [6.07, 6.45) is 0. The molecule has 0 aliphatic carbocycles. The van der Waals surface area contributed by atoms with Gasteiger partial charge in [-0.15, -0.1) is 0 Å². The number of nitrogens with two attached hydrogens (primary N) is 1. The Morgan fingerprint density at radius 2 is 1.61 bits per heavy atom. The number of benzene rings is 3. The lowest BCUT2D eigenvalue weighted by Gasteiger charge is -2.07. The number of rotatable bonds is 8. The van der Waals surface area contributed by atoms with Crippen LogP contribution in [0, 0.1) is 0 Å². The van der Waals surface area contributed by atoms with Gasteiger partial charge in [-0.3, -0.25) is 19.2 Å². The van der Waals surface area contributed by atoms with Crippen LogP contribution >= 0.6 is 11.3 Å². The van der Waals surface area contributed by atoms with Gasteiger partial charge in [-0.05, 0) is 47.2 Å². The molecule has 0 bridgehead atoms. The van der Waals surface area contributed by atoms with Crippen LogP contribution in [0.25, 0.3) is 10.8 Å². The number of nitrogens with zero attached hydrogens (tertiary/aromatic N) is 1. The van der Waals surface area contributed by atoms with Gasteiger partial charge in [0.05, 0.1) is 0 Å². The van der Waals surface area contributed by atoms with Gasteiger partial charge in [0.1, 0.15) is 5.00 Å². The third-order valence-electron chi connectivity index (χ3n) is 4.93. The van der Waals surface area contributed by atoms with Gasteiger partial charge in [0.2, 0.25) is 0 Å². The highest BCUT2D eigenvalue weighted by atomic mass is 32.1. The minimum atomic E-state index is -0.779. The predicted octanol–water partition coefficient (Wildman–Crippen LogP) is 3.89.